The minimum atomic E-state index is -0.513. The van der Waals surface area contributed by atoms with Crippen LogP contribution in [0.2, 0.25) is 0 Å². The Morgan fingerprint density at radius 3 is 2.42 bits per heavy atom. The van der Waals surface area contributed by atoms with E-state index in [0.29, 0.717) is 23.1 Å². The number of benzene rings is 3. The monoisotopic (exact) mass is 574 g/mol. The van der Waals surface area contributed by atoms with Crippen molar-refractivity contribution >= 4 is 22.8 Å². The largest absolute Gasteiger partial charge is 0.452 e. The molecule has 5 atom stereocenters. The number of esters is 2. The normalized spacial score (nSPS) is 21.6. The SMILES string of the molecule is C=CC(=O)Oc1ccc(-c2ccc(C(=O)O[C@@H](c3ccnc4ccc(CO)cc34)[C@@H]3CC4CCN3C[C@@H]4C=C)cc2)cc1. The summed E-state index contributed by atoms with van der Waals surface area (Å²) < 4.78 is 11.6. The molecule has 0 saturated carbocycles. The minimum absolute atomic E-state index is 0.0234. The maximum Gasteiger partial charge on any atom is 0.338 e. The van der Waals surface area contributed by atoms with E-state index in [9.17, 15) is 14.7 Å². The molecule has 3 aliphatic heterocycles. The molecule has 218 valence electrons. The van der Waals surface area contributed by atoms with Crippen molar-refractivity contribution in [3.63, 3.8) is 0 Å². The van der Waals surface area contributed by atoms with Crippen molar-refractivity contribution in [2.45, 2.75) is 31.6 Å². The van der Waals surface area contributed by atoms with E-state index in [2.05, 4.69) is 29.1 Å². The number of rotatable bonds is 9. The van der Waals surface area contributed by atoms with Gasteiger partial charge in [-0.1, -0.05) is 43.0 Å². The molecule has 3 saturated heterocycles. The maximum atomic E-state index is 13.7. The molecule has 0 radical (unpaired) electrons. The maximum absolute atomic E-state index is 13.7. The minimum Gasteiger partial charge on any atom is -0.452 e. The third-order valence-corrected chi connectivity index (χ3v) is 8.76. The van der Waals surface area contributed by atoms with Crippen LogP contribution in [-0.4, -0.2) is 46.1 Å². The van der Waals surface area contributed by atoms with Crippen molar-refractivity contribution in [1.29, 1.82) is 0 Å². The molecule has 7 heteroatoms. The molecule has 3 aliphatic rings. The van der Waals surface area contributed by atoms with Crippen LogP contribution in [0.3, 0.4) is 0 Å². The van der Waals surface area contributed by atoms with Crippen molar-refractivity contribution < 1.29 is 24.2 Å². The average Bonchev–Trinajstić information content (AvgIpc) is 3.07. The molecule has 0 spiro atoms. The number of carbonyl (C=O) groups is 2. The standard InChI is InChI=1S/C36H34N2O5/c1-3-24-21-38-18-16-28(24)20-33(38)35(30-15-17-37-32-14-5-23(22-39)19-31(30)32)43-36(41)27-8-6-25(7-9-27)26-10-12-29(13-11-26)42-34(40)4-2/h3-15,17,19,24,28,33,35,39H,1-2,16,18,20-22H2/t24-,28?,33-,35-/m0/s1. The molecule has 7 nitrogen and oxygen atoms in total. The number of hydrogen-bond acceptors (Lipinski definition) is 7. The number of carbonyl (C=O) groups excluding carboxylic acids is 2. The fraction of sp³-hybridized carbons (Fsp3) is 0.250. The van der Waals surface area contributed by atoms with E-state index in [1.165, 1.54) is 0 Å². The predicted octanol–water partition coefficient (Wildman–Crippen LogP) is 6.28. The summed E-state index contributed by atoms with van der Waals surface area (Å²) in [6.45, 7) is 9.25. The van der Waals surface area contributed by atoms with Gasteiger partial charge in [-0.15, -0.1) is 6.58 Å². The molecule has 4 aromatic rings. The van der Waals surface area contributed by atoms with Crippen LogP contribution in [0.5, 0.6) is 5.75 Å². The number of aromatic nitrogens is 1. The number of nitrogens with zero attached hydrogens (tertiary/aromatic N) is 2. The second-order valence-electron chi connectivity index (χ2n) is 11.2. The van der Waals surface area contributed by atoms with E-state index in [4.69, 9.17) is 9.47 Å². The summed E-state index contributed by atoms with van der Waals surface area (Å²) in [6, 6.07) is 22.1. The third-order valence-electron chi connectivity index (χ3n) is 8.76. The summed E-state index contributed by atoms with van der Waals surface area (Å²) in [7, 11) is 0. The molecule has 1 aromatic heterocycles. The van der Waals surface area contributed by atoms with Crippen molar-refractivity contribution in [3.8, 4) is 16.9 Å². The van der Waals surface area contributed by atoms with Crippen LogP contribution >= 0.6 is 0 Å². The molecule has 3 fully saturated rings. The molecule has 3 aromatic carbocycles. The first-order valence-electron chi connectivity index (χ1n) is 14.6. The number of aliphatic hydroxyl groups is 1. The molecular weight excluding hydrogens is 540 g/mol. The summed E-state index contributed by atoms with van der Waals surface area (Å²) in [5.74, 6) is 0.462. The van der Waals surface area contributed by atoms with Gasteiger partial charge in [0.1, 0.15) is 11.9 Å². The highest BCUT2D eigenvalue weighted by atomic mass is 16.5. The lowest BCUT2D eigenvalue weighted by Gasteiger charge is -2.51. The third kappa shape index (κ3) is 5.87. The van der Waals surface area contributed by atoms with Gasteiger partial charge in [-0.2, -0.15) is 0 Å². The van der Waals surface area contributed by atoms with Crippen molar-refractivity contribution in [2.24, 2.45) is 11.8 Å². The Balaban J connectivity index is 1.28. The van der Waals surface area contributed by atoms with Gasteiger partial charge in [-0.25, -0.2) is 9.59 Å². The first-order chi connectivity index (χ1) is 21.0. The number of piperidine rings is 3. The van der Waals surface area contributed by atoms with Crippen LogP contribution in [-0.2, 0) is 16.1 Å². The first-order valence-corrected chi connectivity index (χ1v) is 14.6. The second-order valence-corrected chi connectivity index (χ2v) is 11.2. The lowest BCUT2D eigenvalue weighted by Crippen LogP contribution is -2.55. The smallest absolute Gasteiger partial charge is 0.338 e. The van der Waals surface area contributed by atoms with Crippen LogP contribution in [0, 0.1) is 11.8 Å². The highest BCUT2D eigenvalue weighted by Gasteiger charge is 2.44. The van der Waals surface area contributed by atoms with Gasteiger partial charge >= 0.3 is 11.9 Å². The van der Waals surface area contributed by atoms with E-state index in [1.54, 1.807) is 30.5 Å². The van der Waals surface area contributed by atoms with E-state index < -0.39 is 18.0 Å². The zero-order chi connectivity index (χ0) is 29.9. The summed E-state index contributed by atoms with van der Waals surface area (Å²) >= 11 is 0. The van der Waals surface area contributed by atoms with Crippen LogP contribution in [0.4, 0.5) is 0 Å². The van der Waals surface area contributed by atoms with Gasteiger partial charge in [0.25, 0.3) is 0 Å². The Labute approximate surface area is 251 Å². The lowest BCUT2D eigenvalue weighted by molar-refractivity contribution is -0.128. The van der Waals surface area contributed by atoms with E-state index in [1.807, 2.05) is 48.5 Å². The number of ether oxygens (including phenoxy) is 2. The fourth-order valence-corrected chi connectivity index (χ4v) is 6.46. The quantitative estimate of drug-likeness (QED) is 0.109. The van der Waals surface area contributed by atoms with Gasteiger partial charge < -0.3 is 14.6 Å². The zero-order valence-electron chi connectivity index (χ0n) is 23.9. The molecule has 4 heterocycles. The topological polar surface area (TPSA) is 89.0 Å². The Morgan fingerprint density at radius 2 is 1.77 bits per heavy atom. The zero-order valence-corrected chi connectivity index (χ0v) is 23.9. The Kier molecular flexibility index (Phi) is 8.18. The molecule has 2 bridgehead atoms. The number of pyridine rings is 1. The molecular formula is C36H34N2O5. The average molecular weight is 575 g/mol. The summed E-state index contributed by atoms with van der Waals surface area (Å²) in [6.07, 6.45) is 6.46. The second kappa shape index (κ2) is 12.3. The molecule has 7 rings (SSSR count). The molecule has 0 aliphatic carbocycles. The van der Waals surface area contributed by atoms with Gasteiger partial charge in [-0.3, -0.25) is 9.88 Å². The van der Waals surface area contributed by atoms with Crippen molar-refractivity contribution in [3.05, 3.63) is 121 Å². The summed E-state index contributed by atoms with van der Waals surface area (Å²) in [5, 5.41) is 10.7. The molecule has 43 heavy (non-hydrogen) atoms. The van der Waals surface area contributed by atoms with Crippen molar-refractivity contribution in [1.82, 2.24) is 9.88 Å². The van der Waals surface area contributed by atoms with Crippen LogP contribution < -0.4 is 4.74 Å². The Morgan fingerprint density at radius 1 is 1.02 bits per heavy atom. The van der Waals surface area contributed by atoms with Gasteiger partial charge in [0.2, 0.25) is 0 Å². The fourth-order valence-electron chi connectivity index (χ4n) is 6.46. The molecule has 1 N–H and O–H groups in total. The summed E-state index contributed by atoms with van der Waals surface area (Å²) in [4.78, 5) is 32.1. The van der Waals surface area contributed by atoms with Crippen molar-refractivity contribution in [2.75, 3.05) is 13.1 Å². The highest BCUT2D eigenvalue weighted by molar-refractivity contribution is 5.91. The molecule has 2 unspecified atom stereocenters. The van der Waals surface area contributed by atoms with Gasteiger partial charge in [-0.05, 0) is 90.4 Å². The van der Waals surface area contributed by atoms with Crippen LogP contribution in [0.1, 0.15) is 40.4 Å². The summed E-state index contributed by atoms with van der Waals surface area (Å²) in [5.41, 5.74) is 4.77. The Bertz CT molecular complexity index is 1660. The number of fused-ring (bicyclic) bond motifs is 4. The van der Waals surface area contributed by atoms with Gasteiger partial charge in [0, 0.05) is 29.8 Å². The Hall–Kier alpha value is -4.59. The number of aliphatic hydroxyl groups excluding tert-OH is 1. The van der Waals surface area contributed by atoms with E-state index >= 15 is 0 Å². The van der Waals surface area contributed by atoms with E-state index in [-0.39, 0.29) is 12.6 Å². The van der Waals surface area contributed by atoms with Crippen LogP contribution in [0.15, 0.2) is 104 Å². The van der Waals surface area contributed by atoms with Gasteiger partial charge in [0.05, 0.1) is 23.7 Å². The van der Waals surface area contributed by atoms with Crippen LogP contribution in [0.25, 0.3) is 22.0 Å². The predicted molar refractivity (Wildman–Crippen MR) is 165 cm³/mol. The number of hydrogen-bond donors (Lipinski definition) is 1. The van der Waals surface area contributed by atoms with E-state index in [0.717, 1.165) is 65.2 Å². The first kappa shape index (κ1) is 28.5. The van der Waals surface area contributed by atoms with Gasteiger partial charge in [0.15, 0.2) is 0 Å². The molecule has 0 amide bonds. The lowest BCUT2D eigenvalue weighted by atomic mass is 9.73. The highest BCUT2D eigenvalue weighted by Crippen LogP contribution is 2.43.